The molecule has 0 radical (unpaired) electrons. The van der Waals surface area contributed by atoms with Gasteiger partial charge in [0.1, 0.15) is 5.75 Å². The van der Waals surface area contributed by atoms with Gasteiger partial charge in [0.05, 0.1) is 7.11 Å². The number of rotatable bonds is 3. The lowest BCUT2D eigenvalue weighted by molar-refractivity contribution is -0.118. The molecule has 1 aliphatic rings. The van der Waals surface area contributed by atoms with Gasteiger partial charge in [-0.2, -0.15) is 0 Å². The Morgan fingerprint density at radius 3 is 2.94 bits per heavy atom. The summed E-state index contributed by atoms with van der Waals surface area (Å²) in [4.78, 5) is 11.1. The smallest absolute Gasteiger partial charge is 0.218 e. The number of hydrogen-bond acceptors (Lipinski definition) is 2. The van der Waals surface area contributed by atoms with E-state index in [0.29, 0.717) is 6.42 Å². The molecular weight excluding hydrogens is 214 g/mol. The molecule has 3 nitrogen and oxygen atoms in total. The zero-order valence-corrected chi connectivity index (χ0v) is 10.5. The van der Waals surface area contributed by atoms with Crippen molar-refractivity contribution in [2.45, 2.75) is 38.5 Å². The van der Waals surface area contributed by atoms with Crippen molar-refractivity contribution < 1.29 is 9.53 Å². The van der Waals surface area contributed by atoms with Gasteiger partial charge in [-0.3, -0.25) is 4.79 Å². The van der Waals surface area contributed by atoms with E-state index in [2.05, 4.69) is 13.0 Å². The number of carbonyl (C=O) groups excluding carboxylic acids is 1. The van der Waals surface area contributed by atoms with Gasteiger partial charge >= 0.3 is 0 Å². The van der Waals surface area contributed by atoms with Gasteiger partial charge < -0.3 is 10.5 Å². The minimum atomic E-state index is -0.218. The highest BCUT2D eigenvalue weighted by Gasteiger charge is 2.25. The molecule has 0 aliphatic heterocycles. The molecule has 1 aliphatic carbocycles. The van der Waals surface area contributed by atoms with Crippen LogP contribution in [0.15, 0.2) is 12.1 Å². The zero-order valence-electron chi connectivity index (χ0n) is 10.5. The molecule has 0 spiro atoms. The second kappa shape index (κ2) is 4.78. The molecule has 1 aromatic rings. The minimum absolute atomic E-state index is 0.218. The van der Waals surface area contributed by atoms with Crippen molar-refractivity contribution in [3.8, 4) is 5.75 Å². The number of fused-ring (bicyclic) bond motifs is 1. The van der Waals surface area contributed by atoms with Gasteiger partial charge in [-0.15, -0.1) is 0 Å². The summed E-state index contributed by atoms with van der Waals surface area (Å²) < 4.78 is 5.40. The first kappa shape index (κ1) is 12.0. The van der Waals surface area contributed by atoms with E-state index in [9.17, 15) is 4.79 Å². The molecule has 2 rings (SSSR count). The first-order chi connectivity index (χ1) is 8.13. The average Bonchev–Trinajstić information content (AvgIpc) is 2.29. The quantitative estimate of drug-likeness (QED) is 0.871. The maximum absolute atomic E-state index is 11.1. The van der Waals surface area contributed by atoms with Crippen LogP contribution in [0.4, 0.5) is 0 Å². The molecule has 1 aromatic carbocycles. The summed E-state index contributed by atoms with van der Waals surface area (Å²) in [6.45, 7) is 2.09. The van der Waals surface area contributed by atoms with E-state index in [1.165, 1.54) is 16.7 Å². The molecule has 1 amide bonds. The largest absolute Gasteiger partial charge is 0.496 e. The summed E-state index contributed by atoms with van der Waals surface area (Å²) in [7, 11) is 1.70. The van der Waals surface area contributed by atoms with Gasteiger partial charge in [-0.05, 0) is 54.9 Å². The second-order valence-electron chi connectivity index (χ2n) is 4.74. The van der Waals surface area contributed by atoms with Crippen molar-refractivity contribution in [3.05, 3.63) is 28.8 Å². The van der Waals surface area contributed by atoms with Crippen LogP contribution >= 0.6 is 0 Å². The van der Waals surface area contributed by atoms with E-state index in [1.54, 1.807) is 7.11 Å². The highest BCUT2D eigenvalue weighted by molar-refractivity contribution is 5.75. The fourth-order valence-electron chi connectivity index (χ4n) is 2.90. The monoisotopic (exact) mass is 233 g/mol. The van der Waals surface area contributed by atoms with Crippen molar-refractivity contribution in [3.63, 3.8) is 0 Å². The van der Waals surface area contributed by atoms with E-state index in [1.807, 2.05) is 6.07 Å². The van der Waals surface area contributed by atoms with Crippen molar-refractivity contribution in [2.24, 2.45) is 5.73 Å². The molecule has 2 N–H and O–H groups in total. The lowest BCUT2D eigenvalue weighted by Crippen LogP contribution is -2.20. The Bertz CT molecular complexity index is 440. The van der Waals surface area contributed by atoms with Gasteiger partial charge in [0.25, 0.3) is 0 Å². The molecule has 0 fully saturated rings. The number of nitrogens with two attached hydrogens (primary N) is 1. The van der Waals surface area contributed by atoms with Gasteiger partial charge in [0.2, 0.25) is 5.91 Å². The van der Waals surface area contributed by atoms with E-state index >= 15 is 0 Å². The fourth-order valence-corrected chi connectivity index (χ4v) is 2.90. The second-order valence-corrected chi connectivity index (χ2v) is 4.74. The van der Waals surface area contributed by atoms with Gasteiger partial charge in [0.15, 0.2) is 0 Å². The number of methoxy groups -OCH3 is 1. The molecular formula is C14H19NO2. The Kier molecular flexibility index (Phi) is 3.36. The van der Waals surface area contributed by atoms with Crippen LogP contribution < -0.4 is 10.5 Å². The lowest BCUT2D eigenvalue weighted by Gasteiger charge is -2.28. The number of hydrogen-bond donors (Lipinski definition) is 1. The standard InChI is InChI=1S/C14H19NO2/c1-9-6-7-12(17-2)11-5-3-4-10(14(9)11)8-13(15)16/h6-7,10H,3-5,8H2,1-2H3,(H2,15,16). The van der Waals surface area contributed by atoms with Gasteiger partial charge in [0, 0.05) is 6.42 Å². The number of ether oxygens (including phenoxy) is 1. The molecule has 0 saturated carbocycles. The maximum Gasteiger partial charge on any atom is 0.218 e. The molecule has 0 bridgehead atoms. The highest BCUT2D eigenvalue weighted by Crippen LogP contribution is 2.40. The Labute approximate surface area is 102 Å². The third-order valence-corrected chi connectivity index (χ3v) is 3.59. The molecule has 0 saturated heterocycles. The Balaban J connectivity index is 2.45. The average molecular weight is 233 g/mol. The maximum atomic E-state index is 11.1. The Morgan fingerprint density at radius 2 is 2.29 bits per heavy atom. The summed E-state index contributed by atoms with van der Waals surface area (Å²) in [5.74, 6) is 0.996. The summed E-state index contributed by atoms with van der Waals surface area (Å²) >= 11 is 0. The lowest BCUT2D eigenvalue weighted by atomic mass is 9.78. The van der Waals surface area contributed by atoms with E-state index in [0.717, 1.165) is 25.0 Å². The minimum Gasteiger partial charge on any atom is -0.496 e. The SMILES string of the molecule is COc1ccc(C)c2c1CCCC2CC(N)=O. The van der Waals surface area contributed by atoms with Gasteiger partial charge in [-0.1, -0.05) is 6.07 Å². The van der Waals surface area contributed by atoms with Crippen molar-refractivity contribution in [1.29, 1.82) is 0 Å². The van der Waals surface area contributed by atoms with Crippen molar-refractivity contribution in [2.75, 3.05) is 7.11 Å². The summed E-state index contributed by atoms with van der Waals surface area (Å²) in [5, 5.41) is 0. The van der Waals surface area contributed by atoms with Crippen LogP contribution in [0.1, 0.15) is 41.9 Å². The third kappa shape index (κ3) is 2.28. The Hall–Kier alpha value is -1.51. The normalized spacial score (nSPS) is 18.6. The van der Waals surface area contributed by atoms with E-state index < -0.39 is 0 Å². The highest BCUT2D eigenvalue weighted by atomic mass is 16.5. The third-order valence-electron chi connectivity index (χ3n) is 3.59. The number of amides is 1. The van der Waals surface area contributed by atoms with Crippen LogP contribution in [-0.4, -0.2) is 13.0 Å². The summed E-state index contributed by atoms with van der Waals surface area (Å²) in [5.41, 5.74) is 9.13. The number of benzene rings is 1. The van der Waals surface area contributed by atoms with E-state index in [4.69, 9.17) is 10.5 Å². The van der Waals surface area contributed by atoms with Crippen molar-refractivity contribution in [1.82, 2.24) is 0 Å². The fraction of sp³-hybridized carbons (Fsp3) is 0.500. The van der Waals surface area contributed by atoms with Crippen LogP contribution in [0.25, 0.3) is 0 Å². The van der Waals surface area contributed by atoms with Crippen LogP contribution in [0.2, 0.25) is 0 Å². The molecule has 17 heavy (non-hydrogen) atoms. The molecule has 1 atom stereocenters. The Morgan fingerprint density at radius 1 is 1.53 bits per heavy atom. The predicted molar refractivity (Wildman–Crippen MR) is 67.2 cm³/mol. The van der Waals surface area contributed by atoms with Crippen LogP contribution in [-0.2, 0) is 11.2 Å². The van der Waals surface area contributed by atoms with E-state index in [-0.39, 0.29) is 11.8 Å². The zero-order chi connectivity index (χ0) is 12.4. The molecule has 0 heterocycles. The summed E-state index contributed by atoms with van der Waals surface area (Å²) in [6, 6.07) is 4.08. The van der Waals surface area contributed by atoms with Crippen LogP contribution in [0.3, 0.4) is 0 Å². The summed E-state index contributed by atoms with van der Waals surface area (Å²) in [6.07, 6.45) is 3.63. The molecule has 92 valence electrons. The number of aryl methyl sites for hydroxylation is 1. The molecule has 1 unspecified atom stereocenters. The molecule has 3 heteroatoms. The predicted octanol–water partition coefficient (Wildman–Crippen LogP) is 2.30. The first-order valence-corrected chi connectivity index (χ1v) is 6.08. The number of primary amides is 1. The first-order valence-electron chi connectivity index (χ1n) is 6.08. The number of carbonyl (C=O) groups is 1. The van der Waals surface area contributed by atoms with Crippen molar-refractivity contribution >= 4 is 5.91 Å². The molecule has 0 aromatic heterocycles. The van der Waals surface area contributed by atoms with Crippen LogP contribution in [0.5, 0.6) is 5.75 Å². The topological polar surface area (TPSA) is 52.3 Å². The van der Waals surface area contributed by atoms with Crippen LogP contribution in [0, 0.1) is 6.92 Å². The van der Waals surface area contributed by atoms with Gasteiger partial charge in [-0.25, -0.2) is 0 Å².